The highest BCUT2D eigenvalue weighted by Gasteiger charge is 2.02. The van der Waals surface area contributed by atoms with Gasteiger partial charge in [0.25, 0.3) is 0 Å². The van der Waals surface area contributed by atoms with E-state index in [0.717, 1.165) is 11.1 Å². The minimum atomic E-state index is -0.446. The summed E-state index contributed by atoms with van der Waals surface area (Å²) in [5.41, 5.74) is 1.83. The molecule has 1 rings (SSSR count). The second-order valence-corrected chi connectivity index (χ2v) is 4.50. The third-order valence-electron chi connectivity index (χ3n) is 2.77. The van der Waals surface area contributed by atoms with Crippen molar-refractivity contribution in [3.05, 3.63) is 60.1 Å². The van der Waals surface area contributed by atoms with Crippen molar-refractivity contribution in [2.75, 3.05) is 13.2 Å². The van der Waals surface area contributed by atoms with Gasteiger partial charge in [-0.25, -0.2) is 9.59 Å². The molecule has 6 nitrogen and oxygen atoms in total. The molecule has 0 saturated heterocycles. The third kappa shape index (κ3) is 8.03. The van der Waals surface area contributed by atoms with E-state index in [0.29, 0.717) is 13.2 Å². The van der Waals surface area contributed by atoms with Gasteiger partial charge in [0.15, 0.2) is 0 Å². The fourth-order valence-electron chi connectivity index (χ4n) is 1.70. The smallest absolute Gasteiger partial charge is 0.333 e. The number of benzene rings is 1. The molecule has 6 heteroatoms. The predicted molar refractivity (Wildman–Crippen MR) is 87.6 cm³/mol. The standard InChI is InChI=1S/C18H22O6/c1-3-23-17(19)9-11-21-13-15-7-5-6-8-16(15)14-22-12-10-18(20)24-4-2/h5-12H,3-4,13-14H2,1-2H3/b11-9+,12-10+. The van der Waals surface area contributed by atoms with Gasteiger partial charge in [0.1, 0.15) is 13.2 Å². The number of rotatable bonds is 10. The van der Waals surface area contributed by atoms with Crippen LogP contribution in [-0.4, -0.2) is 25.2 Å². The van der Waals surface area contributed by atoms with Crippen LogP contribution in [0.3, 0.4) is 0 Å². The Morgan fingerprint density at radius 1 is 0.833 bits per heavy atom. The molecule has 0 aliphatic rings. The van der Waals surface area contributed by atoms with E-state index in [2.05, 4.69) is 0 Å². The van der Waals surface area contributed by atoms with Crippen molar-refractivity contribution in [1.82, 2.24) is 0 Å². The Hall–Kier alpha value is -2.76. The van der Waals surface area contributed by atoms with Gasteiger partial charge >= 0.3 is 11.9 Å². The van der Waals surface area contributed by atoms with E-state index < -0.39 is 11.9 Å². The molecule has 0 radical (unpaired) electrons. The van der Waals surface area contributed by atoms with Crippen LogP contribution in [-0.2, 0) is 41.8 Å². The minimum absolute atomic E-state index is 0.289. The van der Waals surface area contributed by atoms with Crippen molar-refractivity contribution < 1.29 is 28.5 Å². The van der Waals surface area contributed by atoms with Crippen LogP contribution in [0.5, 0.6) is 0 Å². The van der Waals surface area contributed by atoms with Crippen molar-refractivity contribution in [1.29, 1.82) is 0 Å². The molecule has 0 N–H and O–H groups in total. The number of carbonyl (C=O) groups excluding carboxylic acids is 2. The van der Waals surface area contributed by atoms with Crippen LogP contribution in [0.1, 0.15) is 25.0 Å². The van der Waals surface area contributed by atoms with Crippen molar-refractivity contribution in [3.63, 3.8) is 0 Å². The summed E-state index contributed by atoms with van der Waals surface area (Å²) in [6.07, 6.45) is 5.06. The van der Waals surface area contributed by atoms with Crippen LogP contribution in [0.25, 0.3) is 0 Å². The third-order valence-corrected chi connectivity index (χ3v) is 2.77. The predicted octanol–water partition coefficient (Wildman–Crippen LogP) is 2.87. The highest BCUT2D eigenvalue weighted by molar-refractivity contribution is 5.81. The molecular formula is C18H22O6. The lowest BCUT2D eigenvalue weighted by Crippen LogP contribution is -2.01. The fourth-order valence-corrected chi connectivity index (χ4v) is 1.70. The van der Waals surface area contributed by atoms with Crippen LogP contribution in [0, 0.1) is 0 Å². The molecule has 0 aliphatic carbocycles. The van der Waals surface area contributed by atoms with Gasteiger partial charge < -0.3 is 18.9 Å². The van der Waals surface area contributed by atoms with E-state index in [9.17, 15) is 9.59 Å². The summed E-state index contributed by atoms with van der Waals surface area (Å²) < 4.78 is 20.1. The Morgan fingerprint density at radius 2 is 1.25 bits per heavy atom. The number of ether oxygens (including phenoxy) is 4. The van der Waals surface area contributed by atoms with Gasteiger partial charge in [-0.2, -0.15) is 0 Å². The lowest BCUT2D eigenvalue weighted by atomic mass is 10.1. The van der Waals surface area contributed by atoms with Gasteiger partial charge in [0.05, 0.1) is 37.9 Å². The van der Waals surface area contributed by atoms with E-state index >= 15 is 0 Å². The summed E-state index contributed by atoms with van der Waals surface area (Å²) in [6, 6.07) is 7.55. The molecule has 24 heavy (non-hydrogen) atoms. The van der Waals surface area contributed by atoms with Crippen LogP contribution < -0.4 is 0 Å². The van der Waals surface area contributed by atoms with Gasteiger partial charge in [0, 0.05) is 0 Å². The second kappa shape index (κ2) is 11.8. The molecule has 0 bridgehead atoms. The van der Waals surface area contributed by atoms with E-state index in [4.69, 9.17) is 18.9 Å². The Bertz CT molecular complexity index is 526. The monoisotopic (exact) mass is 334 g/mol. The van der Waals surface area contributed by atoms with Gasteiger partial charge in [-0.05, 0) is 25.0 Å². The summed E-state index contributed by atoms with van der Waals surface area (Å²) in [6.45, 7) is 4.69. The summed E-state index contributed by atoms with van der Waals surface area (Å²) in [7, 11) is 0. The maximum atomic E-state index is 11.1. The lowest BCUT2D eigenvalue weighted by Gasteiger charge is -2.08. The summed E-state index contributed by atoms with van der Waals surface area (Å²) in [5, 5.41) is 0. The Balaban J connectivity index is 2.47. The molecule has 0 amide bonds. The molecule has 0 aliphatic heterocycles. The first-order valence-corrected chi connectivity index (χ1v) is 7.64. The lowest BCUT2D eigenvalue weighted by molar-refractivity contribution is -0.138. The average Bonchev–Trinajstić information content (AvgIpc) is 2.57. The number of hydrogen-bond acceptors (Lipinski definition) is 6. The zero-order chi connectivity index (χ0) is 17.6. The molecule has 0 heterocycles. The maximum absolute atomic E-state index is 11.1. The van der Waals surface area contributed by atoms with Crippen LogP contribution >= 0.6 is 0 Å². The zero-order valence-electron chi connectivity index (χ0n) is 13.9. The maximum Gasteiger partial charge on any atom is 0.333 e. The van der Waals surface area contributed by atoms with Crippen LogP contribution in [0.15, 0.2) is 48.9 Å². The SMILES string of the molecule is CCOC(=O)/C=C/OCc1ccccc1CO/C=C/C(=O)OCC. The van der Waals surface area contributed by atoms with Crippen molar-refractivity contribution in [2.45, 2.75) is 27.1 Å². The van der Waals surface area contributed by atoms with Crippen molar-refractivity contribution in [2.24, 2.45) is 0 Å². The minimum Gasteiger partial charge on any atom is -0.496 e. The highest BCUT2D eigenvalue weighted by atomic mass is 16.5. The largest absolute Gasteiger partial charge is 0.496 e. The first-order valence-electron chi connectivity index (χ1n) is 7.64. The van der Waals surface area contributed by atoms with Gasteiger partial charge in [-0.3, -0.25) is 0 Å². The molecule has 1 aromatic carbocycles. The Morgan fingerprint density at radius 3 is 1.62 bits per heavy atom. The molecule has 130 valence electrons. The van der Waals surface area contributed by atoms with Crippen LogP contribution in [0.4, 0.5) is 0 Å². The van der Waals surface area contributed by atoms with Gasteiger partial charge in [-0.1, -0.05) is 24.3 Å². The van der Waals surface area contributed by atoms with Crippen molar-refractivity contribution >= 4 is 11.9 Å². The average molecular weight is 334 g/mol. The molecule has 0 aromatic heterocycles. The number of carbonyl (C=O) groups is 2. The van der Waals surface area contributed by atoms with Gasteiger partial charge in [-0.15, -0.1) is 0 Å². The fraction of sp³-hybridized carbons (Fsp3) is 0.333. The Kier molecular flexibility index (Phi) is 9.45. The molecule has 0 atom stereocenters. The molecule has 0 saturated carbocycles. The molecule has 0 spiro atoms. The molecule has 0 unspecified atom stereocenters. The first kappa shape index (κ1) is 19.3. The number of esters is 2. The van der Waals surface area contributed by atoms with Crippen LogP contribution in [0.2, 0.25) is 0 Å². The first-order chi connectivity index (χ1) is 11.7. The normalized spacial score (nSPS) is 10.8. The topological polar surface area (TPSA) is 71.1 Å². The second-order valence-electron chi connectivity index (χ2n) is 4.50. The van der Waals surface area contributed by atoms with E-state index in [1.807, 2.05) is 24.3 Å². The van der Waals surface area contributed by atoms with E-state index in [-0.39, 0.29) is 13.2 Å². The molecule has 1 aromatic rings. The summed E-state index contributed by atoms with van der Waals surface area (Å²) >= 11 is 0. The molecule has 0 fully saturated rings. The summed E-state index contributed by atoms with van der Waals surface area (Å²) in [4.78, 5) is 22.3. The van der Waals surface area contributed by atoms with Gasteiger partial charge in [0.2, 0.25) is 0 Å². The molecular weight excluding hydrogens is 312 g/mol. The zero-order valence-corrected chi connectivity index (χ0v) is 13.9. The number of hydrogen-bond donors (Lipinski definition) is 0. The summed E-state index contributed by atoms with van der Waals surface area (Å²) in [5.74, 6) is -0.892. The highest BCUT2D eigenvalue weighted by Crippen LogP contribution is 2.12. The quantitative estimate of drug-likeness (QED) is 0.372. The van der Waals surface area contributed by atoms with Crippen molar-refractivity contribution in [3.8, 4) is 0 Å². The van der Waals surface area contributed by atoms with E-state index in [1.165, 1.54) is 24.7 Å². The van der Waals surface area contributed by atoms with E-state index in [1.54, 1.807) is 13.8 Å². The Labute approximate surface area is 141 Å².